The van der Waals surface area contributed by atoms with Gasteiger partial charge in [-0.05, 0) is 46.6 Å². The Labute approximate surface area is 158 Å². The minimum absolute atomic E-state index is 0.127. The van der Waals surface area contributed by atoms with Gasteiger partial charge in [0.25, 0.3) is 5.91 Å². The number of thioether (sulfide) groups is 1. The third-order valence-electron chi connectivity index (χ3n) is 3.19. The van der Waals surface area contributed by atoms with Crippen LogP contribution in [0.25, 0.3) is 6.08 Å². The maximum absolute atomic E-state index is 12.5. The molecular weight excluding hydrogens is 414 g/mol. The number of methoxy groups -OCH3 is 1. The molecule has 0 saturated carbocycles. The standard InChI is InChI=1S/C16H16BrNO4S2/c1-3-22-14(19)6-7-18-15(20)13(24-16(18)23)9-10-4-5-12(21-2)11(17)8-10/h4-5,8-9H,3,6-7H2,1-2H3/b13-9-. The summed E-state index contributed by atoms with van der Waals surface area (Å²) < 4.78 is 11.3. The fraction of sp³-hybridized carbons (Fsp3) is 0.312. The highest BCUT2D eigenvalue weighted by Gasteiger charge is 2.32. The number of halogens is 1. The average molecular weight is 430 g/mol. The maximum atomic E-state index is 12.5. The Bertz CT molecular complexity index is 705. The molecule has 0 spiro atoms. The zero-order valence-corrected chi connectivity index (χ0v) is 16.4. The van der Waals surface area contributed by atoms with Crippen LogP contribution in [0.2, 0.25) is 0 Å². The molecule has 0 aliphatic carbocycles. The topological polar surface area (TPSA) is 55.8 Å². The lowest BCUT2D eigenvalue weighted by molar-refractivity contribution is -0.143. The van der Waals surface area contributed by atoms with Gasteiger partial charge in [-0.2, -0.15) is 0 Å². The summed E-state index contributed by atoms with van der Waals surface area (Å²) in [6.45, 7) is 2.30. The number of rotatable bonds is 6. The Balaban J connectivity index is 2.10. The molecule has 1 aromatic carbocycles. The summed E-state index contributed by atoms with van der Waals surface area (Å²) in [7, 11) is 1.59. The van der Waals surface area contributed by atoms with Crippen LogP contribution in [-0.2, 0) is 14.3 Å². The summed E-state index contributed by atoms with van der Waals surface area (Å²) >= 11 is 9.88. The quantitative estimate of drug-likeness (QED) is 0.391. The Morgan fingerprint density at radius 2 is 2.21 bits per heavy atom. The number of thiocarbonyl (C=S) groups is 1. The minimum Gasteiger partial charge on any atom is -0.496 e. The smallest absolute Gasteiger partial charge is 0.307 e. The van der Waals surface area contributed by atoms with Crippen LogP contribution >= 0.6 is 39.9 Å². The Morgan fingerprint density at radius 3 is 2.83 bits per heavy atom. The first-order valence-electron chi connectivity index (χ1n) is 7.20. The molecule has 1 heterocycles. The molecule has 0 bridgehead atoms. The number of hydrogen-bond acceptors (Lipinski definition) is 6. The second-order valence-corrected chi connectivity index (χ2v) is 7.31. The summed E-state index contributed by atoms with van der Waals surface area (Å²) in [5.74, 6) is 0.185. The van der Waals surface area contributed by atoms with Gasteiger partial charge in [-0.1, -0.05) is 30.0 Å². The third-order valence-corrected chi connectivity index (χ3v) is 5.19. The van der Waals surface area contributed by atoms with Crippen molar-refractivity contribution in [1.29, 1.82) is 0 Å². The molecule has 1 aliphatic rings. The van der Waals surface area contributed by atoms with Gasteiger partial charge in [0, 0.05) is 6.54 Å². The van der Waals surface area contributed by atoms with Gasteiger partial charge >= 0.3 is 5.97 Å². The van der Waals surface area contributed by atoms with Gasteiger partial charge in [0.1, 0.15) is 10.1 Å². The molecule has 2 rings (SSSR count). The van der Waals surface area contributed by atoms with Crippen molar-refractivity contribution in [1.82, 2.24) is 4.90 Å². The molecule has 0 N–H and O–H groups in total. The highest BCUT2D eigenvalue weighted by atomic mass is 79.9. The highest BCUT2D eigenvalue weighted by Crippen LogP contribution is 2.34. The van der Waals surface area contributed by atoms with E-state index in [4.69, 9.17) is 21.7 Å². The second-order valence-electron chi connectivity index (χ2n) is 4.78. The molecule has 1 fully saturated rings. The third kappa shape index (κ3) is 4.58. The first kappa shape index (κ1) is 19.0. The van der Waals surface area contributed by atoms with E-state index >= 15 is 0 Å². The molecule has 1 aliphatic heterocycles. The molecule has 1 aromatic rings. The molecule has 0 unspecified atom stereocenters. The van der Waals surface area contributed by atoms with Crippen molar-refractivity contribution in [2.24, 2.45) is 0 Å². The summed E-state index contributed by atoms with van der Waals surface area (Å²) in [6.07, 6.45) is 1.90. The van der Waals surface area contributed by atoms with Crippen LogP contribution in [0.15, 0.2) is 27.6 Å². The van der Waals surface area contributed by atoms with Crippen molar-refractivity contribution in [3.63, 3.8) is 0 Å². The van der Waals surface area contributed by atoms with Gasteiger partial charge in [-0.25, -0.2) is 0 Å². The van der Waals surface area contributed by atoms with Gasteiger partial charge < -0.3 is 9.47 Å². The number of ether oxygens (including phenoxy) is 2. The van der Waals surface area contributed by atoms with Crippen LogP contribution in [0.3, 0.4) is 0 Å². The van der Waals surface area contributed by atoms with Crippen molar-refractivity contribution >= 4 is 62.2 Å². The predicted octanol–water partition coefficient (Wildman–Crippen LogP) is 3.61. The predicted molar refractivity (Wildman–Crippen MR) is 102 cm³/mol. The number of nitrogens with zero attached hydrogens (tertiary/aromatic N) is 1. The van der Waals surface area contributed by atoms with Gasteiger partial charge in [-0.15, -0.1) is 0 Å². The molecule has 0 aromatic heterocycles. The monoisotopic (exact) mass is 429 g/mol. The van der Waals surface area contributed by atoms with Crippen LogP contribution < -0.4 is 4.74 Å². The lowest BCUT2D eigenvalue weighted by Crippen LogP contribution is -2.30. The van der Waals surface area contributed by atoms with E-state index in [0.717, 1.165) is 10.0 Å². The molecule has 24 heavy (non-hydrogen) atoms. The summed E-state index contributed by atoms with van der Waals surface area (Å²) in [6, 6.07) is 5.54. The molecule has 5 nitrogen and oxygen atoms in total. The minimum atomic E-state index is -0.338. The van der Waals surface area contributed by atoms with Crippen LogP contribution in [0.1, 0.15) is 18.9 Å². The number of carbonyl (C=O) groups excluding carboxylic acids is 2. The molecule has 1 saturated heterocycles. The van der Waals surface area contributed by atoms with Crippen molar-refractivity contribution in [2.45, 2.75) is 13.3 Å². The zero-order chi connectivity index (χ0) is 17.7. The van der Waals surface area contributed by atoms with Gasteiger partial charge in [0.05, 0.1) is 29.5 Å². The van der Waals surface area contributed by atoms with Crippen LogP contribution in [0.4, 0.5) is 0 Å². The average Bonchev–Trinajstić information content (AvgIpc) is 2.80. The van der Waals surface area contributed by atoms with Gasteiger partial charge in [0.15, 0.2) is 0 Å². The molecule has 0 atom stereocenters. The fourth-order valence-electron chi connectivity index (χ4n) is 2.05. The summed E-state index contributed by atoms with van der Waals surface area (Å²) in [5.41, 5.74) is 0.855. The van der Waals surface area contributed by atoms with Crippen molar-refractivity contribution in [3.8, 4) is 5.75 Å². The molecule has 1 amide bonds. The van der Waals surface area contributed by atoms with Crippen LogP contribution in [-0.4, -0.2) is 41.4 Å². The van der Waals surface area contributed by atoms with E-state index in [1.807, 2.05) is 18.2 Å². The van der Waals surface area contributed by atoms with Crippen molar-refractivity contribution in [3.05, 3.63) is 33.1 Å². The van der Waals surface area contributed by atoms with E-state index < -0.39 is 0 Å². The van der Waals surface area contributed by atoms with E-state index in [0.29, 0.717) is 21.6 Å². The van der Waals surface area contributed by atoms with E-state index in [1.165, 1.54) is 16.7 Å². The van der Waals surface area contributed by atoms with E-state index in [-0.39, 0.29) is 24.8 Å². The number of benzene rings is 1. The Hall–Kier alpha value is -1.38. The van der Waals surface area contributed by atoms with Gasteiger partial charge in [0.2, 0.25) is 0 Å². The van der Waals surface area contributed by atoms with Crippen molar-refractivity contribution < 1.29 is 19.1 Å². The fourth-order valence-corrected chi connectivity index (χ4v) is 3.92. The maximum Gasteiger partial charge on any atom is 0.307 e. The van der Waals surface area contributed by atoms with Crippen molar-refractivity contribution in [2.75, 3.05) is 20.3 Å². The normalized spacial score (nSPS) is 16.0. The Kier molecular flexibility index (Phi) is 6.82. The molecule has 8 heteroatoms. The number of amides is 1. The van der Waals surface area contributed by atoms with Crippen LogP contribution in [0, 0.1) is 0 Å². The molecular formula is C16H16BrNO4S2. The highest BCUT2D eigenvalue weighted by molar-refractivity contribution is 9.10. The van der Waals surface area contributed by atoms with Gasteiger partial charge in [-0.3, -0.25) is 14.5 Å². The second kappa shape index (κ2) is 8.64. The first-order chi connectivity index (χ1) is 11.5. The number of carbonyl (C=O) groups is 2. The zero-order valence-electron chi connectivity index (χ0n) is 13.2. The summed E-state index contributed by atoms with van der Waals surface area (Å²) in [4.78, 5) is 25.9. The summed E-state index contributed by atoms with van der Waals surface area (Å²) in [5, 5.41) is 0. The first-order valence-corrected chi connectivity index (χ1v) is 9.22. The number of esters is 1. The Morgan fingerprint density at radius 1 is 1.46 bits per heavy atom. The van der Waals surface area contributed by atoms with E-state index in [1.54, 1.807) is 20.1 Å². The van der Waals surface area contributed by atoms with Crippen LogP contribution in [0.5, 0.6) is 5.75 Å². The lowest BCUT2D eigenvalue weighted by Gasteiger charge is -2.13. The number of hydrogen-bond donors (Lipinski definition) is 0. The molecule has 128 valence electrons. The van der Waals surface area contributed by atoms with E-state index in [9.17, 15) is 9.59 Å². The largest absolute Gasteiger partial charge is 0.496 e. The SMILES string of the molecule is CCOC(=O)CCN1C(=O)/C(=C/c2ccc(OC)c(Br)c2)SC1=S. The molecule has 0 radical (unpaired) electrons. The lowest BCUT2D eigenvalue weighted by atomic mass is 10.2. The van der Waals surface area contributed by atoms with E-state index in [2.05, 4.69) is 15.9 Å².